The lowest BCUT2D eigenvalue weighted by atomic mass is 10.0. The summed E-state index contributed by atoms with van der Waals surface area (Å²) >= 11 is 0. The molecule has 2 rings (SSSR count). The van der Waals surface area contributed by atoms with E-state index in [1.165, 1.54) is 0 Å². The maximum absolute atomic E-state index is 12.7. The Morgan fingerprint density at radius 3 is 2.62 bits per heavy atom. The minimum atomic E-state index is -0.446. The quantitative estimate of drug-likeness (QED) is 0.866. The number of carbonyl (C=O) groups is 1. The van der Waals surface area contributed by atoms with Crippen molar-refractivity contribution in [3.63, 3.8) is 0 Å². The van der Waals surface area contributed by atoms with Crippen LogP contribution in [-0.4, -0.2) is 18.6 Å². The van der Waals surface area contributed by atoms with Crippen molar-refractivity contribution in [3.8, 4) is 5.75 Å². The Morgan fingerprint density at radius 2 is 2.10 bits per heavy atom. The fraction of sp³-hybridized carbons (Fsp3) is 0.471. The summed E-state index contributed by atoms with van der Waals surface area (Å²) in [5.41, 5.74) is 8.65. The second-order valence-corrected chi connectivity index (χ2v) is 6.18. The molecule has 1 heterocycles. The molecule has 114 valence electrons. The molecule has 0 fully saturated rings. The number of benzene rings is 1. The van der Waals surface area contributed by atoms with Crippen LogP contribution >= 0.6 is 0 Å². The van der Waals surface area contributed by atoms with Crippen molar-refractivity contribution in [2.45, 2.75) is 39.8 Å². The van der Waals surface area contributed by atoms with Crippen molar-refractivity contribution in [1.29, 1.82) is 0 Å². The Labute approximate surface area is 126 Å². The summed E-state index contributed by atoms with van der Waals surface area (Å²) in [5.74, 6) is 0.840. The molecule has 2 unspecified atom stereocenters. The number of anilines is 1. The van der Waals surface area contributed by atoms with E-state index in [0.717, 1.165) is 22.6 Å². The van der Waals surface area contributed by atoms with E-state index in [-0.39, 0.29) is 17.9 Å². The maximum atomic E-state index is 12.7. The largest absolute Gasteiger partial charge is 0.478 e. The van der Waals surface area contributed by atoms with Crippen LogP contribution < -0.4 is 15.4 Å². The van der Waals surface area contributed by atoms with E-state index in [9.17, 15) is 4.79 Å². The molecule has 0 saturated heterocycles. The highest BCUT2D eigenvalue weighted by Gasteiger charge is 2.36. The smallest absolute Gasteiger partial charge is 0.268 e. The SMILES string of the molecule is C=C(C)CN1C(=O)C(C(C)C)Oc2ccc(C(C)N)cc21. The minimum absolute atomic E-state index is 0.0117. The molecule has 4 nitrogen and oxygen atoms in total. The highest BCUT2D eigenvalue weighted by molar-refractivity contribution is 6.00. The van der Waals surface area contributed by atoms with E-state index >= 15 is 0 Å². The highest BCUT2D eigenvalue weighted by atomic mass is 16.5. The van der Waals surface area contributed by atoms with Gasteiger partial charge in [0.15, 0.2) is 6.10 Å². The van der Waals surface area contributed by atoms with E-state index in [0.29, 0.717) is 6.54 Å². The van der Waals surface area contributed by atoms with Crippen LogP contribution in [0.25, 0.3) is 0 Å². The number of nitrogens with two attached hydrogens (primary N) is 1. The molecule has 21 heavy (non-hydrogen) atoms. The average molecular weight is 288 g/mol. The summed E-state index contributed by atoms with van der Waals surface area (Å²) in [7, 11) is 0. The molecule has 2 N–H and O–H groups in total. The summed E-state index contributed by atoms with van der Waals surface area (Å²) in [4.78, 5) is 14.4. The van der Waals surface area contributed by atoms with Crippen molar-refractivity contribution in [1.82, 2.24) is 0 Å². The first kappa shape index (κ1) is 15.6. The van der Waals surface area contributed by atoms with E-state index in [4.69, 9.17) is 10.5 Å². The van der Waals surface area contributed by atoms with Gasteiger partial charge in [-0.1, -0.05) is 32.1 Å². The number of fused-ring (bicyclic) bond motifs is 1. The number of ether oxygens (including phenoxy) is 1. The lowest BCUT2D eigenvalue weighted by Crippen LogP contribution is -2.48. The van der Waals surface area contributed by atoms with Gasteiger partial charge in [0.05, 0.1) is 5.69 Å². The second kappa shape index (κ2) is 5.90. The normalized spacial score (nSPS) is 19.2. The third-order valence-electron chi connectivity index (χ3n) is 3.60. The Hall–Kier alpha value is -1.81. The molecule has 0 aromatic heterocycles. The number of rotatable bonds is 4. The number of amides is 1. The van der Waals surface area contributed by atoms with Crippen LogP contribution in [0, 0.1) is 5.92 Å². The topological polar surface area (TPSA) is 55.6 Å². The zero-order valence-corrected chi connectivity index (χ0v) is 13.2. The number of hydrogen-bond donors (Lipinski definition) is 1. The predicted molar refractivity (Wildman–Crippen MR) is 85.5 cm³/mol. The Balaban J connectivity index is 2.49. The molecule has 0 radical (unpaired) electrons. The van der Waals surface area contributed by atoms with Crippen LogP contribution in [0.4, 0.5) is 5.69 Å². The summed E-state index contributed by atoms with van der Waals surface area (Å²) in [6.07, 6.45) is -0.446. The standard InChI is InChI=1S/C17H24N2O2/c1-10(2)9-19-14-8-13(12(5)18)6-7-15(14)21-16(11(3)4)17(19)20/h6-8,11-12,16H,1,9,18H2,2-5H3. The van der Waals surface area contributed by atoms with Crippen LogP contribution in [0.1, 0.15) is 39.3 Å². The van der Waals surface area contributed by atoms with Gasteiger partial charge in [-0.05, 0) is 37.5 Å². The van der Waals surface area contributed by atoms with Crippen LogP contribution in [0.3, 0.4) is 0 Å². The number of hydrogen-bond acceptors (Lipinski definition) is 3. The first-order valence-electron chi connectivity index (χ1n) is 7.33. The molecule has 4 heteroatoms. The van der Waals surface area contributed by atoms with Gasteiger partial charge in [-0.25, -0.2) is 0 Å². The van der Waals surface area contributed by atoms with Crippen molar-refractivity contribution in [2.24, 2.45) is 11.7 Å². The first-order chi connectivity index (χ1) is 9.81. The monoisotopic (exact) mass is 288 g/mol. The maximum Gasteiger partial charge on any atom is 0.268 e. The predicted octanol–water partition coefficient (Wildman–Crippen LogP) is 3.03. The Morgan fingerprint density at radius 1 is 1.43 bits per heavy atom. The number of nitrogens with zero attached hydrogens (tertiary/aromatic N) is 1. The lowest BCUT2D eigenvalue weighted by molar-refractivity contribution is -0.128. The highest BCUT2D eigenvalue weighted by Crippen LogP contribution is 2.37. The van der Waals surface area contributed by atoms with Gasteiger partial charge >= 0.3 is 0 Å². The number of carbonyl (C=O) groups excluding carboxylic acids is 1. The van der Waals surface area contributed by atoms with Gasteiger partial charge in [0.1, 0.15) is 5.75 Å². The first-order valence-corrected chi connectivity index (χ1v) is 7.33. The summed E-state index contributed by atoms with van der Waals surface area (Å²) in [6, 6.07) is 5.72. The average Bonchev–Trinajstić information content (AvgIpc) is 2.40. The van der Waals surface area contributed by atoms with Gasteiger partial charge < -0.3 is 15.4 Å². The second-order valence-electron chi connectivity index (χ2n) is 6.18. The minimum Gasteiger partial charge on any atom is -0.478 e. The van der Waals surface area contributed by atoms with E-state index in [1.54, 1.807) is 4.90 Å². The molecule has 1 amide bonds. The molecule has 1 aliphatic rings. The van der Waals surface area contributed by atoms with Gasteiger partial charge in [-0.3, -0.25) is 4.79 Å². The van der Waals surface area contributed by atoms with Gasteiger partial charge in [-0.2, -0.15) is 0 Å². The van der Waals surface area contributed by atoms with Crippen molar-refractivity contribution < 1.29 is 9.53 Å². The Kier molecular flexibility index (Phi) is 4.37. The zero-order chi connectivity index (χ0) is 15.7. The molecular weight excluding hydrogens is 264 g/mol. The van der Waals surface area contributed by atoms with Gasteiger partial charge in [0.2, 0.25) is 0 Å². The van der Waals surface area contributed by atoms with Crippen LogP contribution in [-0.2, 0) is 4.79 Å². The third-order valence-corrected chi connectivity index (χ3v) is 3.60. The van der Waals surface area contributed by atoms with Crippen molar-refractivity contribution in [2.75, 3.05) is 11.4 Å². The van der Waals surface area contributed by atoms with Crippen LogP contribution in [0.2, 0.25) is 0 Å². The molecule has 1 aromatic carbocycles. The van der Waals surface area contributed by atoms with E-state index < -0.39 is 6.10 Å². The van der Waals surface area contributed by atoms with Crippen LogP contribution in [0.15, 0.2) is 30.4 Å². The fourth-order valence-electron chi connectivity index (χ4n) is 2.44. The Bertz CT molecular complexity index is 564. The van der Waals surface area contributed by atoms with Gasteiger partial charge in [0.25, 0.3) is 5.91 Å². The molecule has 1 aromatic rings. The van der Waals surface area contributed by atoms with Gasteiger partial charge in [0, 0.05) is 12.6 Å². The molecule has 1 aliphatic heterocycles. The summed E-state index contributed by atoms with van der Waals surface area (Å²) < 4.78 is 5.89. The molecule has 0 saturated carbocycles. The third kappa shape index (κ3) is 3.10. The molecule has 2 atom stereocenters. The van der Waals surface area contributed by atoms with Gasteiger partial charge in [-0.15, -0.1) is 0 Å². The molecule has 0 spiro atoms. The zero-order valence-electron chi connectivity index (χ0n) is 13.2. The van der Waals surface area contributed by atoms with E-state index in [2.05, 4.69) is 6.58 Å². The van der Waals surface area contributed by atoms with Crippen LogP contribution in [0.5, 0.6) is 5.75 Å². The molecule has 0 aliphatic carbocycles. The molecule has 0 bridgehead atoms. The van der Waals surface area contributed by atoms with E-state index in [1.807, 2.05) is 45.9 Å². The van der Waals surface area contributed by atoms with Crippen molar-refractivity contribution >= 4 is 11.6 Å². The van der Waals surface area contributed by atoms with Crippen molar-refractivity contribution in [3.05, 3.63) is 35.9 Å². The molecular formula is C17H24N2O2. The summed E-state index contributed by atoms with van der Waals surface area (Å²) in [5, 5.41) is 0. The summed E-state index contributed by atoms with van der Waals surface area (Å²) in [6.45, 7) is 12.2. The fourth-order valence-corrected chi connectivity index (χ4v) is 2.44. The lowest BCUT2D eigenvalue weighted by Gasteiger charge is -2.36.